The number of rotatable bonds is 8. The molecule has 1 aliphatic heterocycles. The Morgan fingerprint density at radius 3 is 2.67 bits per heavy atom. The largest absolute Gasteiger partial charge is 0.531 e. The summed E-state index contributed by atoms with van der Waals surface area (Å²) in [6.07, 6.45) is 0.198. The molecule has 146 valence electrons. The average molecular weight is 459 g/mol. The molecule has 1 saturated heterocycles. The lowest BCUT2D eigenvalue weighted by atomic mass is 9.66. The smallest absolute Gasteiger partial charge is 0.507 e. The van der Waals surface area contributed by atoms with Gasteiger partial charge in [-0.2, -0.15) is 0 Å². The molecule has 0 aliphatic carbocycles. The Labute approximate surface area is 172 Å². The number of Topliss-reactive ketones (excluding diaryl/α,β-unsaturated/α-hetero) is 1. The summed E-state index contributed by atoms with van der Waals surface area (Å²) in [6.45, 7) is 5.55. The van der Waals surface area contributed by atoms with Gasteiger partial charge in [0.1, 0.15) is 6.10 Å². The molecule has 2 rings (SSSR count). The van der Waals surface area contributed by atoms with Gasteiger partial charge in [0.15, 0.2) is 5.78 Å². The minimum Gasteiger partial charge on any atom is -0.507 e. The molecular weight excluding hydrogens is 436 g/mol. The van der Waals surface area contributed by atoms with Gasteiger partial charge in [0, 0.05) is 21.7 Å². The maximum absolute atomic E-state index is 12.4. The quantitative estimate of drug-likeness (QED) is 0.602. The monoisotopic (exact) mass is 457 g/mol. The number of nitrogens with one attached hydrogen (secondary N) is 1. The second kappa shape index (κ2) is 9.71. The van der Waals surface area contributed by atoms with E-state index in [-0.39, 0.29) is 24.6 Å². The summed E-state index contributed by atoms with van der Waals surface area (Å²) in [5.41, 5.74) is 0.357. The number of carbonyl (C=O) groups excluding carboxylic acids is 3. The molecule has 27 heavy (non-hydrogen) atoms. The Morgan fingerprint density at radius 1 is 1.37 bits per heavy atom. The van der Waals surface area contributed by atoms with Crippen LogP contribution in [-0.2, 0) is 18.9 Å². The van der Waals surface area contributed by atoms with Gasteiger partial charge >= 0.3 is 13.1 Å². The Morgan fingerprint density at radius 2 is 2.07 bits per heavy atom. The van der Waals surface area contributed by atoms with Crippen molar-refractivity contribution in [1.82, 2.24) is 5.32 Å². The van der Waals surface area contributed by atoms with Crippen LogP contribution >= 0.6 is 27.5 Å². The number of hydrogen-bond acceptors (Lipinski definition) is 5. The van der Waals surface area contributed by atoms with Crippen LogP contribution in [0.4, 0.5) is 0 Å². The van der Waals surface area contributed by atoms with Crippen molar-refractivity contribution in [1.29, 1.82) is 0 Å². The molecule has 1 fully saturated rings. The summed E-state index contributed by atoms with van der Waals surface area (Å²) >= 11 is 9.21. The number of carbonyl (C=O) groups is 3. The van der Waals surface area contributed by atoms with Crippen molar-refractivity contribution in [3.8, 4) is 0 Å². The third-order valence-electron chi connectivity index (χ3n) is 4.17. The number of halogens is 2. The van der Waals surface area contributed by atoms with Gasteiger partial charge in [-0.1, -0.05) is 25.4 Å². The van der Waals surface area contributed by atoms with Crippen LogP contribution in [0.15, 0.2) is 22.7 Å². The van der Waals surface area contributed by atoms with E-state index in [4.69, 9.17) is 20.9 Å². The molecule has 0 radical (unpaired) electrons. The average Bonchev–Trinajstić information content (AvgIpc) is 2.93. The zero-order valence-corrected chi connectivity index (χ0v) is 17.8. The lowest BCUT2D eigenvalue weighted by molar-refractivity contribution is -0.135. The van der Waals surface area contributed by atoms with E-state index in [1.807, 2.05) is 13.8 Å². The molecule has 1 aromatic rings. The van der Waals surface area contributed by atoms with Gasteiger partial charge in [-0.05, 0) is 53.4 Å². The van der Waals surface area contributed by atoms with E-state index in [0.29, 0.717) is 27.4 Å². The van der Waals surface area contributed by atoms with Crippen LogP contribution in [0.3, 0.4) is 0 Å². The van der Waals surface area contributed by atoms with Crippen LogP contribution in [-0.4, -0.2) is 37.4 Å². The zero-order chi connectivity index (χ0) is 20.1. The molecule has 0 saturated carbocycles. The molecule has 6 nitrogen and oxygen atoms in total. The molecular formula is C18H22BBrClNO5. The SMILES string of the molecule is CC(C)C[C@H](CC(=O)CNC(=O)c1cc(Cl)ccc1Br)B1OC(=O)[C@H](C)O1. The van der Waals surface area contributed by atoms with Crippen molar-refractivity contribution in [3.63, 3.8) is 0 Å². The van der Waals surface area contributed by atoms with Crippen LogP contribution in [0.25, 0.3) is 0 Å². The summed E-state index contributed by atoms with van der Waals surface area (Å²) < 4.78 is 11.4. The number of ketones is 1. The lowest BCUT2D eigenvalue weighted by Crippen LogP contribution is -2.33. The zero-order valence-electron chi connectivity index (χ0n) is 15.5. The molecule has 0 spiro atoms. The van der Waals surface area contributed by atoms with Gasteiger partial charge in [-0.15, -0.1) is 0 Å². The summed E-state index contributed by atoms with van der Waals surface area (Å²) in [6, 6.07) is 4.86. The van der Waals surface area contributed by atoms with E-state index in [9.17, 15) is 14.4 Å². The molecule has 1 aliphatic rings. The van der Waals surface area contributed by atoms with E-state index < -0.39 is 25.1 Å². The van der Waals surface area contributed by atoms with Crippen LogP contribution in [0.1, 0.15) is 44.0 Å². The van der Waals surface area contributed by atoms with Crippen LogP contribution in [0.5, 0.6) is 0 Å². The fourth-order valence-corrected chi connectivity index (χ4v) is 3.51. The second-order valence-electron chi connectivity index (χ2n) is 7.02. The highest BCUT2D eigenvalue weighted by atomic mass is 79.9. The maximum atomic E-state index is 12.4. The van der Waals surface area contributed by atoms with Gasteiger partial charge in [0.2, 0.25) is 0 Å². The molecule has 0 bridgehead atoms. The third-order valence-corrected chi connectivity index (χ3v) is 5.10. The first-order chi connectivity index (χ1) is 12.7. The highest BCUT2D eigenvalue weighted by molar-refractivity contribution is 9.10. The van der Waals surface area contributed by atoms with Gasteiger partial charge in [-0.25, -0.2) is 0 Å². The summed E-state index contributed by atoms with van der Waals surface area (Å²) in [5.74, 6) is -0.916. The maximum Gasteiger partial charge on any atom is 0.531 e. The topological polar surface area (TPSA) is 81.7 Å². The summed E-state index contributed by atoms with van der Waals surface area (Å²) in [5, 5.41) is 3.04. The van der Waals surface area contributed by atoms with Gasteiger partial charge < -0.3 is 14.6 Å². The van der Waals surface area contributed by atoms with Crippen molar-refractivity contribution in [2.75, 3.05) is 6.54 Å². The number of amides is 1. The van der Waals surface area contributed by atoms with E-state index in [2.05, 4.69) is 21.2 Å². The molecule has 0 unspecified atom stereocenters. The van der Waals surface area contributed by atoms with Crippen molar-refractivity contribution in [3.05, 3.63) is 33.3 Å². The first-order valence-corrected chi connectivity index (χ1v) is 9.95. The summed E-state index contributed by atoms with van der Waals surface area (Å²) in [7, 11) is -0.725. The molecule has 0 aromatic heterocycles. The van der Waals surface area contributed by atoms with Crippen molar-refractivity contribution < 1.29 is 23.7 Å². The van der Waals surface area contributed by atoms with E-state index in [1.165, 1.54) is 6.07 Å². The van der Waals surface area contributed by atoms with Crippen molar-refractivity contribution in [2.45, 2.75) is 45.5 Å². The minimum absolute atomic E-state index is 0.122. The highest BCUT2D eigenvalue weighted by Crippen LogP contribution is 2.30. The Balaban J connectivity index is 1.94. The minimum atomic E-state index is -0.725. The summed E-state index contributed by atoms with van der Waals surface area (Å²) in [4.78, 5) is 36.3. The molecule has 2 atom stereocenters. The van der Waals surface area contributed by atoms with Crippen molar-refractivity contribution >= 4 is 52.3 Å². The van der Waals surface area contributed by atoms with Gasteiger partial charge in [0.25, 0.3) is 5.91 Å². The molecule has 1 heterocycles. The van der Waals surface area contributed by atoms with Crippen LogP contribution < -0.4 is 5.32 Å². The third kappa shape index (κ3) is 6.33. The Kier molecular flexibility index (Phi) is 7.88. The van der Waals surface area contributed by atoms with Gasteiger partial charge in [-0.3, -0.25) is 14.4 Å². The number of hydrogen-bond donors (Lipinski definition) is 1. The van der Waals surface area contributed by atoms with E-state index in [0.717, 1.165) is 0 Å². The van der Waals surface area contributed by atoms with Crippen LogP contribution in [0.2, 0.25) is 10.8 Å². The predicted octanol–water partition coefficient (Wildman–Crippen LogP) is 3.66. The normalized spacial score (nSPS) is 17.8. The Bertz CT molecular complexity index is 730. The molecule has 1 N–H and O–H groups in total. The fourth-order valence-electron chi connectivity index (χ4n) is 2.91. The highest BCUT2D eigenvalue weighted by Gasteiger charge is 2.44. The van der Waals surface area contributed by atoms with Crippen LogP contribution in [0, 0.1) is 5.92 Å². The Hall–Kier alpha value is -1.38. The lowest BCUT2D eigenvalue weighted by Gasteiger charge is -2.19. The van der Waals surface area contributed by atoms with E-state index >= 15 is 0 Å². The predicted molar refractivity (Wildman–Crippen MR) is 107 cm³/mol. The number of benzene rings is 1. The fraction of sp³-hybridized carbons (Fsp3) is 0.500. The van der Waals surface area contributed by atoms with E-state index in [1.54, 1.807) is 19.1 Å². The molecule has 1 aromatic carbocycles. The second-order valence-corrected chi connectivity index (χ2v) is 8.31. The standard InChI is InChI=1S/C18H22BBrClNO5/c1-10(2)6-12(19-26-11(3)18(25)27-19)7-14(23)9-22-17(24)15-8-13(21)4-5-16(15)20/h4-5,8,10-12H,6-7,9H2,1-3H3,(H,22,24)/t11-,12+/m0/s1. The molecule has 9 heteroatoms. The van der Waals surface area contributed by atoms with Crippen molar-refractivity contribution in [2.24, 2.45) is 5.92 Å². The first-order valence-electron chi connectivity index (χ1n) is 8.78. The first kappa shape index (κ1) is 21.9. The molecule has 1 amide bonds. The van der Waals surface area contributed by atoms with Gasteiger partial charge in [0.05, 0.1) is 12.1 Å².